The number of carbonyl (C=O) groups is 1. The Morgan fingerprint density at radius 2 is 1.79 bits per heavy atom. The minimum atomic E-state index is -0.337. The van der Waals surface area contributed by atoms with Crippen LogP contribution in [0.4, 0.5) is 0 Å². The lowest BCUT2D eigenvalue weighted by molar-refractivity contribution is -0.138. The molecule has 1 amide bonds. The second kappa shape index (κ2) is 11.2. The molecule has 0 aromatic rings. The van der Waals surface area contributed by atoms with Crippen LogP contribution in [0.2, 0.25) is 0 Å². The summed E-state index contributed by atoms with van der Waals surface area (Å²) in [6.45, 7) is 7.13. The molecule has 0 aromatic carbocycles. The fourth-order valence-corrected chi connectivity index (χ4v) is 3.40. The number of hydrogen-bond donors (Lipinski definition) is 2. The second-order valence-electron chi connectivity index (χ2n) is 7.76. The first-order chi connectivity index (χ1) is 10.8. The minimum absolute atomic E-state index is 0. The number of nitrogens with two attached hydrogens (primary N) is 1. The fourth-order valence-electron chi connectivity index (χ4n) is 3.40. The van der Waals surface area contributed by atoms with E-state index in [0.29, 0.717) is 18.5 Å². The third-order valence-electron chi connectivity index (χ3n) is 4.79. The van der Waals surface area contributed by atoms with E-state index >= 15 is 0 Å². The number of carbonyl (C=O) groups excluding carboxylic acids is 1. The first kappa shape index (κ1) is 23.5. The van der Waals surface area contributed by atoms with Crippen LogP contribution in [0, 0.1) is 11.3 Å². The molecule has 0 spiro atoms. The van der Waals surface area contributed by atoms with Gasteiger partial charge in [-0.25, -0.2) is 0 Å². The fraction of sp³-hybridized carbons (Fsp3) is 0.889. The van der Waals surface area contributed by atoms with Gasteiger partial charge in [0.25, 0.3) is 0 Å². The van der Waals surface area contributed by atoms with E-state index in [4.69, 9.17) is 5.73 Å². The summed E-state index contributed by atoms with van der Waals surface area (Å²) >= 11 is 0. The molecule has 0 aliphatic heterocycles. The highest BCUT2D eigenvalue weighted by molar-refractivity contribution is 14.0. The molecule has 0 heterocycles. The van der Waals surface area contributed by atoms with Crippen molar-refractivity contribution in [1.29, 1.82) is 0 Å². The second-order valence-corrected chi connectivity index (χ2v) is 7.76. The van der Waals surface area contributed by atoms with Gasteiger partial charge in [0, 0.05) is 20.1 Å². The van der Waals surface area contributed by atoms with Crippen molar-refractivity contribution in [3.05, 3.63) is 0 Å². The number of rotatable bonds is 8. The van der Waals surface area contributed by atoms with Crippen LogP contribution in [-0.4, -0.2) is 43.4 Å². The third kappa shape index (κ3) is 7.57. The Kier molecular flexibility index (Phi) is 10.9. The van der Waals surface area contributed by atoms with E-state index in [-0.39, 0.29) is 35.3 Å². The summed E-state index contributed by atoms with van der Waals surface area (Å²) in [5, 5.41) is 3.27. The van der Waals surface area contributed by atoms with Crippen molar-refractivity contribution < 1.29 is 4.79 Å². The summed E-state index contributed by atoms with van der Waals surface area (Å²) in [6, 6.07) is 0.321. The number of nitrogens with zero attached hydrogens (tertiary/aromatic N) is 2. The van der Waals surface area contributed by atoms with Crippen LogP contribution in [-0.2, 0) is 4.79 Å². The molecular weight excluding hydrogens is 415 g/mol. The van der Waals surface area contributed by atoms with Crippen molar-refractivity contribution >= 4 is 35.8 Å². The smallest absolute Gasteiger partial charge is 0.230 e. The van der Waals surface area contributed by atoms with E-state index in [1.165, 1.54) is 12.8 Å². The quantitative estimate of drug-likeness (QED) is 0.337. The minimum Gasteiger partial charge on any atom is -0.370 e. The van der Waals surface area contributed by atoms with Crippen LogP contribution in [0.5, 0.6) is 0 Å². The van der Waals surface area contributed by atoms with Gasteiger partial charge in [-0.15, -0.1) is 24.0 Å². The van der Waals surface area contributed by atoms with Crippen molar-refractivity contribution in [2.75, 3.05) is 20.6 Å². The number of halogens is 1. The molecule has 0 aromatic heterocycles. The molecule has 1 rings (SSSR count). The highest BCUT2D eigenvalue weighted by Gasteiger charge is 2.41. The van der Waals surface area contributed by atoms with E-state index in [9.17, 15) is 4.79 Å². The largest absolute Gasteiger partial charge is 0.370 e. The van der Waals surface area contributed by atoms with Gasteiger partial charge in [-0.05, 0) is 32.1 Å². The van der Waals surface area contributed by atoms with Gasteiger partial charge in [0.2, 0.25) is 5.91 Å². The average Bonchev–Trinajstić information content (AvgIpc) is 2.93. The maximum atomic E-state index is 12.5. The molecule has 1 saturated carbocycles. The summed E-state index contributed by atoms with van der Waals surface area (Å²) in [5.41, 5.74) is 5.70. The highest BCUT2D eigenvalue weighted by Crippen LogP contribution is 2.39. The standard InChI is InChI=1S/C18H36N4O.HI/c1-14(2)9-8-10-15(3)21-17(19)20-13-18(11-6-7-12-18)16(23)22(4)5;/h14-15H,6-13H2,1-5H3,(H3,19,20,21);1H. The Labute approximate surface area is 165 Å². The van der Waals surface area contributed by atoms with Crippen LogP contribution >= 0.6 is 24.0 Å². The van der Waals surface area contributed by atoms with Gasteiger partial charge >= 0.3 is 0 Å². The van der Waals surface area contributed by atoms with Gasteiger partial charge in [-0.2, -0.15) is 0 Å². The maximum Gasteiger partial charge on any atom is 0.230 e. The van der Waals surface area contributed by atoms with Gasteiger partial charge in [0.15, 0.2) is 5.96 Å². The summed E-state index contributed by atoms with van der Waals surface area (Å²) in [4.78, 5) is 18.7. The van der Waals surface area contributed by atoms with Crippen LogP contribution < -0.4 is 11.1 Å². The lowest BCUT2D eigenvalue weighted by Crippen LogP contribution is -2.43. The molecule has 1 unspecified atom stereocenters. The summed E-state index contributed by atoms with van der Waals surface area (Å²) < 4.78 is 0. The van der Waals surface area contributed by atoms with Crippen LogP contribution in [0.15, 0.2) is 4.99 Å². The van der Waals surface area contributed by atoms with E-state index in [1.807, 2.05) is 14.1 Å². The van der Waals surface area contributed by atoms with Crippen molar-refractivity contribution in [2.45, 2.75) is 71.8 Å². The molecule has 142 valence electrons. The maximum absolute atomic E-state index is 12.5. The van der Waals surface area contributed by atoms with Gasteiger partial charge in [-0.3, -0.25) is 9.79 Å². The molecule has 0 radical (unpaired) electrons. The van der Waals surface area contributed by atoms with E-state index < -0.39 is 0 Å². The van der Waals surface area contributed by atoms with Crippen molar-refractivity contribution in [3.8, 4) is 0 Å². The molecule has 5 nitrogen and oxygen atoms in total. The molecule has 24 heavy (non-hydrogen) atoms. The number of aliphatic imine (C=N–C) groups is 1. The van der Waals surface area contributed by atoms with E-state index in [2.05, 4.69) is 31.1 Å². The van der Waals surface area contributed by atoms with Crippen LogP contribution in [0.1, 0.15) is 65.7 Å². The van der Waals surface area contributed by atoms with Gasteiger partial charge in [0.05, 0.1) is 12.0 Å². The zero-order chi connectivity index (χ0) is 17.5. The third-order valence-corrected chi connectivity index (χ3v) is 4.79. The molecule has 1 atom stereocenters. The summed E-state index contributed by atoms with van der Waals surface area (Å²) in [5.74, 6) is 1.41. The Hall–Kier alpha value is -0.530. The molecule has 1 aliphatic carbocycles. The number of nitrogens with one attached hydrogen (secondary N) is 1. The van der Waals surface area contributed by atoms with Crippen LogP contribution in [0.25, 0.3) is 0 Å². The Bertz CT molecular complexity index is 404. The lowest BCUT2D eigenvalue weighted by Gasteiger charge is -2.29. The van der Waals surface area contributed by atoms with Gasteiger partial charge < -0.3 is 16.0 Å². The number of guanidine groups is 1. The van der Waals surface area contributed by atoms with Crippen molar-refractivity contribution in [3.63, 3.8) is 0 Å². The van der Waals surface area contributed by atoms with E-state index in [0.717, 1.165) is 38.0 Å². The number of amides is 1. The molecule has 6 heteroatoms. The first-order valence-electron chi connectivity index (χ1n) is 9.05. The predicted octanol–water partition coefficient (Wildman–Crippen LogP) is 3.37. The molecular formula is C18H37IN4O. The SMILES string of the molecule is CC(C)CCCC(C)NC(N)=NCC1(C(=O)N(C)C)CCCC1.I. The zero-order valence-corrected chi connectivity index (χ0v) is 18.4. The first-order valence-corrected chi connectivity index (χ1v) is 9.05. The predicted molar refractivity (Wildman–Crippen MR) is 113 cm³/mol. The summed E-state index contributed by atoms with van der Waals surface area (Å²) in [7, 11) is 3.65. The molecule has 1 fully saturated rings. The van der Waals surface area contributed by atoms with Gasteiger partial charge in [0.1, 0.15) is 0 Å². The average molecular weight is 452 g/mol. The van der Waals surface area contributed by atoms with Crippen molar-refractivity contribution in [2.24, 2.45) is 22.1 Å². The number of hydrogen-bond acceptors (Lipinski definition) is 2. The zero-order valence-electron chi connectivity index (χ0n) is 16.1. The monoisotopic (exact) mass is 452 g/mol. The highest BCUT2D eigenvalue weighted by atomic mass is 127. The normalized spacial score (nSPS) is 18.2. The Morgan fingerprint density at radius 1 is 1.21 bits per heavy atom. The topological polar surface area (TPSA) is 70.7 Å². The molecule has 0 saturated heterocycles. The Balaban J connectivity index is 0.00000529. The Morgan fingerprint density at radius 3 is 2.29 bits per heavy atom. The lowest BCUT2D eigenvalue weighted by atomic mass is 9.85. The summed E-state index contributed by atoms with van der Waals surface area (Å²) in [6.07, 6.45) is 7.58. The molecule has 0 bridgehead atoms. The van der Waals surface area contributed by atoms with Gasteiger partial charge in [-0.1, -0.05) is 39.5 Å². The van der Waals surface area contributed by atoms with Crippen LogP contribution in [0.3, 0.4) is 0 Å². The van der Waals surface area contributed by atoms with Crippen molar-refractivity contribution in [1.82, 2.24) is 10.2 Å². The van der Waals surface area contributed by atoms with E-state index in [1.54, 1.807) is 4.90 Å². The molecule has 3 N–H and O–H groups in total. The molecule has 1 aliphatic rings.